The molecule has 2 aliphatic rings. The highest BCUT2D eigenvalue weighted by Gasteiger charge is 2.35. The van der Waals surface area contributed by atoms with E-state index in [1.165, 1.54) is 11.0 Å². The van der Waals surface area contributed by atoms with Crippen LogP contribution in [0.1, 0.15) is 18.1 Å². The molecule has 0 aliphatic carbocycles. The molecule has 0 aromatic heterocycles. The van der Waals surface area contributed by atoms with Crippen LogP contribution in [0.25, 0.3) is 6.08 Å². The molecule has 8 nitrogen and oxygen atoms in total. The first-order valence-corrected chi connectivity index (χ1v) is 12.4. The number of anilines is 1. The van der Waals surface area contributed by atoms with E-state index in [9.17, 15) is 14.4 Å². The zero-order valence-corrected chi connectivity index (χ0v) is 21.5. The molecule has 0 radical (unpaired) electrons. The molecule has 1 N–H and O–H groups in total. The van der Waals surface area contributed by atoms with E-state index in [0.717, 1.165) is 5.56 Å². The summed E-state index contributed by atoms with van der Waals surface area (Å²) < 4.78 is 11.5. The van der Waals surface area contributed by atoms with Gasteiger partial charge in [0.15, 0.2) is 11.7 Å². The van der Waals surface area contributed by atoms with Crippen LogP contribution in [0.2, 0.25) is 0 Å². The van der Waals surface area contributed by atoms with Crippen molar-refractivity contribution in [3.05, 3.63) is 63.6 Å². The molecule has 2 fully saturated rings. The number of benzene rings is 2. The molecule has 0 unspecified atom stereocenters. The van der Waals surface area contributed by atoms with Crippen LogP contribution in [0.3, 0.4) is 0 Å². The lowest BCUT2D eigenvalue weighted by Crippen LogP contribution is -2.54. The number of thiocarbonyl (C=S) groups is 1. The summed E-state index contributed by atoms with van der Waals surface area (Å²) in [5.74, 6) is -0.683. The van der Waals surface area contributed by atoms with Gasteiger partial charge in [-0.3, -0.25) is 24.6 Å². The summed E-state index contributed by atoms with van der Waals surface area (Å²) >= 11 is 8.76. The van der Waals surface area contributed by atoms with Crippen LogP contribution >= 0.6 is 28.1 Å². The van der Waals surface area contributed by atoms with E-state index < -0.39 is 11.8 Å². The number of halogens is 1. The second-order valence-electron chi connectivity index (χ2n) is 7.91. The Morgan fingerprint density at radius 3 is 2.66 bits per heavy atom. The third-order valence-corrected chi connectivity index (χ3v) is 6.60. The normalized spacial score (nSPS) is 17.5. The van der Waals surface area contributed by atoms with Crippen molar-refractivity contribution < 1.29 is 23.9 Å². The maximum atomic E-state index is 13.3. The molecule has 3 amide bonds. The van der Waals surface area contributed by atoms with E-state index in [-0.39, 0.29) is 23.2 Å². The van der Waals surface area contributed by atoms with Gasteiger partial charge in [0.2, 0.25) is 0 Å². The van der Waals surface area contributed by atoms with Crippen LogP contribution in [0.4, 0.5) is 5.69 Å². The highest BCUT2D eigenvalue weighted by atomic mass is 79.9. The molecule has 2 aromatic rings. The molecular formula is C25H24BrN3O5S. The Morgan fingerprint density at radius 1 is 1.20 bits per heavy atom. The molecule has 10 heteroatoms. The highest BCUT2D eigenvalue weighted by molar-refractivity contribution is 9.10. The fourth-order valence-corrected chi connectivity index (χ4v) is 4.62. The largest absolute Gasteiger partial charge is 0.483 e. The summed E-state index contributed by atoms with van der Waals surface area (Å²) in [6, 6.07) is 12.6. The van der Waals surface area contributed by atoms with Crippen LogP contribution in [0, 0.1) is 0 Å². The third-order valence-electron chi connectivity index (χ3n) is 5.70. The van der Waals surface area contributed by atoms with Gasteiger partial charge < -0.3 is 14.4 Å². The summed E-state index contributed by atoms with van der Waals surface area (Å²) in [5.41, 5.74) is 2.16. The highest BCUT2D eigenvalue weighted by Crippen LogP contribution is 2.29. The molecule has 2 saturated heterocycles. The van der Waals surface area contributed by atoms with Crippen LogP contribution in [0.5, 0.6) is 5.75 Å². The first-order valence-electron chi connectivity index (χ1n) is 11.2. The quantitative estimate of drug-likeness (QED) is 0.333. The van der Waals surface area contributed by atoms with Crippen molar-refractivity contribution in [2.75, 3.05) is 37.8 Å². The van der Waals surface area contributed by atoms with Gasteiger partial charge in [0, 0.05) is 13.1 Å². The summed E-state index contributed by atoms with van der Waals surface area (Å²) in [7, 11) is 0. The molecule has 35 heavy (non-hydrogen) atoms. The third kappa shape index (κ3) is 5.61. The number of rotatable bonds is 6. The summed E-state index contributed by atoms with van der Waals surface area (Å²) in [6.07, 6.45) is 2.21. The van der Waals surface area contributed by atoms with Crippen molar-refractivity contribution in [2.24, 2.45) is 0 Å². The zero-order valence-electron chi connectivity index (χ0n) is 19.1. The van der Waals surface area contributed by atoms with Gasteiger partial charge in [-0.2, -0.15) is 0 Å². The van der Waals surface area contributed by atoms with Gasteiger partial charge in [-0.15, -0.1) is 0 Å². The van der Waals surface area contributed by atoms with Crippen molar-refractivity contribution in [3.8, 4) is 5.75 Å². The average molecular weight is 558 g/mol. The molecular weight excluding hydrogens is 534 g/mol. The van der Waals surface area contributed by atoms with Gasteiger partial charge in [-0.1, -0.05) is 31.2 Å². The maximum Gasteiger partial charge on any atom is 0.270 e. The van der Waals surface area contributed by atoms with Crippen molar-refractivity contribution in [1.29, 1.82) is 0 Å². The fraction of sp³-hybridized carbons (Fsp3) is 0.280. The summed E-state index contributed by atoms with van der Waals surface area (Å²) in [6.45, 7) is 4.04. The minimum atomic E-state index is -0.558. The van der Waals surface area contributed by atoms with Crippen molar-refractivity contribution in [1.82, 2.24) is 10.2 Å². The number of nitrogens with one attached hydrogen (secondary N) is 1. The van der Waals surface area contributed by atoms with E-state index in [1.54, 1.807) is 29.2 Å². The van der Waals surface area contributed by atoms with Gasteiger partial charge in [0.1, 0.15) is 11.3 Å². The lowest BCUT2D eigenvalue weighted by Gasteiger charge is -2.30. The Kier molecular flexibility index (Phi) is 7.94. The molecule has 4 rings (SSSR count). The Balaban J connectivity index is 1.52. The Labute approximate surface area is 217 Å². The number of morpholine rings is 1. The van der Waals surface area contributed by atoms with Crippen LogP contribution in [0.15, 0.2) is 52.5 Å². The van der Waals surface area contributed by atoms with Gasteiger partial charge in [0.05, 0.1) is 23.4 Å². The summed E-state index contributed by atoms with van der Waals surface area (Å²) in [4.78, 5) is 41.3. The van der Waals surface area contributed by atoms with Crippen LogP contribution in [-0.4, -0.2) is 60.6 Å². The summed E-state index contributed by atoms with van der Waals surface area (Å²) in [5, 5.41) is 2.66. The van der Waals surface area contributed by atoms with E-state index in [4.69, 9.17) is 21.7 Å². The van der Waals surface area contributed by atoms with Gasteiger partial charge in [-0.25, -0.2) is 0 Å². The Morgan fingerprint density at radius 2 is 1.94 bits per heavy atom. The smallest absolute Gasteiger partial charge is 0.270 e. The molecule has 2 heterocycles. The van der Waals surface area contributed by atoms with Gasteiger partial charge >= 0.3 is 0 Å². The number of carbonyl (C=O) groups excluding carboxylic acids is 3. The van der Waals surface area contributed by atoms with Crippen molar-refractivity contribution in [3.63, 3.8) is 0 Å². The second kappa shape index (κ2) is 11.1. The first-order chi connectivity index (χ1) is 16.9. The van der Waals surface area contributed by atoms with Crippen LogP contribution in [-0.2, 0) is 25.5 Å². The second-order valence-corrected chi connectivity index (χ2v) is 9.15. The minimum Gasteiger partial charge on any atom is -0.483 e. The van der Waals surface area contributed by atoms with Crippen LogP contribution < -0.4 is 15.0 Å². The molecule has 0 atom stereocenters. The standard InChI is InChI=1S/C25H24BrN3O5S/c1-2-17-5-3-4-6-20(17)29-24(32)18(23(31)27-25(29)35)13-16-7-8-21(19(26)14-16)34-15-22(30)28-9-11-33-12-10-28/h3-8,13-14H,2,9-12,15H2,1H3,(H,27,31,35)/b18-13+. The fourth-order valence-electron chi connectivity index (χ4n) is 3.84. The lowest BCUT2D eigenvalue weighted by molar-refractivity contribution is -0.137. The first kappa shape index (κ1) is 25.0. The maximum absolute atomic E-state index is 13.3. The topological polar surface area (TPSA) is 88.2 Å². The Hall–Kier alpha value is -3.08. The van der Waals surface area contributed by atoms with E-state index in [0.29, 0.717) is 54.2 Å². The van der Waals surface area contributed by atoms with E-state index in [1.807, 2.05) is 25.1 Å². The zero-order chi connectivity index (χ0) is 24.9. The number of ether oxygens (including phenoxy) is 2. The number of nitrogens with zero attached hydrogens (tertiary/aromatic N) is 2. The molecule has 2 aliphatic heterocycles. The predicted molar refractivity (Wildman–Crippen MR) is 139 cm³/mol. The number of amides is 3. The predicted octanol–water partition coefficient (Wildman–Crippen LogP) is 3.08. The number of hydrogen-bond acceptors (Lipinski definition) is 6. The number of aryl methyl sites for hydroxylation is 1. The average Bonchev–Trinajstić information content (AvgIpc) is 2.86. The van der Waals surface area contributed by atoms with Crippen molar-refractivity contribution >= 4 is 62.7 Å². The van der Waals surface area contributed by atoms with E-state index in [2.05, 4.69) is 21.2 Å². The molecule has 0 spiro atoms. The molecule has 0 bridgehead atoms. The molecule has 182 valence electrons. The number of carbonyl (C=O) groups is 3. The molecule has 0 saturated carbocycles. The number of hydrogen-bond donors (Lipinski definition) is 1. The number of para-hydroxylation sites is 1. The minimum absolute atomic E-state index is 0.0347. The monoisotopic (exact) mass is 557 g/mol. The van der Waals surface area contributed by atoms with Gasteiger partial charge in [-0.05, 0) is 70.0 Å². The lowest BCUT2D eigenvalue weighted by atomic mass is 10.0. The Bertz CT molecular complexity index is 1210. The molecule has 2 aromatic carbocycles. The SMILES string of the molecule is CCc1ccccc1N1C(=O)/C(=C/c2ccc(OCC(=O)N3CCOCC3)c(Br)c2)C(=O)NC1=S. The van der Waals surface area contributed by atoms with Gasteiger partial charge in [0.25, 0.3) is 17.7 Å². The van der Waals surface area contributed by atoms with E-state index >= 15 is 0 Å². The van der Waals surface area contributed by atoms with Crippen molar-refractivity contribution in [2.45, 2.75) is 13.3 Å².